The third-order valence-corrected chi connectivity index (χ3v) is 7.22. The lowest BCUT2D eigenvalue weighted by molar-refractivity contribution is -0.187. The van der Waals surface area contributed by atoms with E-state index < -0.39 is 5.79 Å². The Kier molecular flexibility index (Phi) is 6.31. The first kappa shape index (κ1) is 23.3. The normalized spacial score (nSPS) is 23.9. The molecule has 0 aliphatic carbocycles. The average molecular weight is 506 g/mol. The fraction of sp³-hybridized carbons (Fsp3) is 0.321. The molecule has 0 N–H and O–H groups in total. The van der Waals surface area contributed by atoms with Gasteiger partial charge in [-0.1, -0.05) is 48.0 Å². The third kappa shape index (κ3) is 4.33. The van der Waals surface area contributed by atoms with Crippen LogP contribution in [0, 0.1) is 0 Å². The van der Waals surface area contributed by atoms with Crippen LogP contribution < -0.4 is 14.5 Å². The molecule has 2 saturated heterocycles. The standard InChI is InChI=1S/C28H28ClN3O4/c29-21-10-12-23(13-11-21)34-18-24-19-35-28(36-24)25-8-4-5-9-26(25)32(27(28)33)20-30-14-16-31(17-15-30)22-6-2-1-3-7-22/h1-13,24H,14-20H2/t24-,28-/m0/s1. The number of ether oxygens (including phenoxy) is 3. The van der Waals surface area contributed by atoms with E-state index >= 15 is 0 Å². The molecule has 0 unspecified atom stereocenters. The number of carbonyl (C=O) groups excluding carboxylic acids is 1. The summed E-state index contributed by atoms with van der Waals surface area (Å²) >= 11 is 5.96. The first-order valence-corrected chi connectivity index (χ1v) is 12.6. The van der Waals surface area contributed by atoms with E-state index in [9.17, 15) is 4.79 Å². The molecule has 3 aromatic rings. The molecule has 8 heteroatoms. The minimum Gasteiger partial charge on any atom is -0.491 e. The monoisotopic (exact) mass is 505 g/mol. The van der Waals surface area contributed by atoms with Crippen LogP contribution in [0.15, 0.2) is 78.9 Å². The van der Waals surface area contributed by atoms with Gasteiger partial charge in [0.25, 0.3) is 11.7 Å². The van der Waals surface area contributed by atoms with Crippen molar-refractivity contribution in [2.45, 2.75) is 11.9 Å². The number of amides is 1. The summed E-state index contributed by atoms with van der Waals surface area (Å²) in [5.74, 6) is -0.905. The summed E-state index contributed by atoms with van der Waals surface area (Å²) in [7, 11) is 0. The van der Waals surface area contributed by atoms with E-state index in [-0.39, 0.29) is 25.2 Å². The molecule has 0 radical (unpaired) electrons. The van der Waals surface area contributed by atoms with Gasteiger partial charge in [0.1, 0.15) is 18.5 Å². The number of rotatable bonds is 6. The van der Waals surface area contributed by atoms with Crippen LogP contribution >= 0.6 is 11.6 Å². The van der Waals surface area contributed by atoms with Crippen LogP contribution in [0.5, 0.6) is 5.75 Å². The van der Waals surface area contributed by atoms with E-state index in [2.05, 4.69) is 34.1 Å². The number of hydrogen-bond donors (Lipinski definition) is 0. The Morgan fingerprint density at radius 3 is 2.42 bits per heavy atom. The second-order valence-corrected chi connectivity index (χ2v) is 9.70. The Labute approximate surface area is 215 Å². The van der Waals surface area contributed by atoms with Crippen molar-refractivity contribution < 1.29 is 19.0 Å². The molecule has 7 nitrogen and oxygen atoms in total. The Morgan fingerprint density at radius 2 is 1.64 bits per heavy atom. The predicted molar refractivity (Wildman–Crippen MR) is 138 cm³/mol. The van der Waals surface area contributed by atoms with Crippen molar-refractivity contribution in [1.29, 1.82) is 0 Å². The first-order chi connectivity index (χ1) is 17.6. The van der Waals surface area contributed by atoms with Crippen LogP contribution in [-0.4, -0.2) is 63.0 Å². The zero-order valence-electron chi connectivity index (χ0n) is 19.9. The van der Waals surface area contributed by atoms with Crippen LogP contribution in [0.4, 0.5) is 11.4 Å². The molecule has 1 amide bonds. The summed E-state index contributed by atoms with van der Waals surface area (Å²) < 4.78 is 18.3. The lowest BCUT2D eigenvalue weighted by atomic mass is 10.1. The van der Waals surface area contributed by atoms with Crippen molar-refractivity contribution in [2.75, 3.05) is 55.9 Å². The molecular weight excluding hydrogens is 478 g/mol. The van der Waals surface area contributed by atoms with Crippen molar-refractivity contribution in [3.05, 3.63) is 89.4 Å². The van der Waals surface area contributed by atoms with Gasteiger partial charge in [-0.3, -0.25) is 14.6 Å². The van der Waals surface area contributed by atoms with Gasteiger partial charge in [0, 0.05) is 42.5 Å². The molecule has 1 spiro atoms. The van der Waals surface area contributed by atoms with Gasteiger partial charge in [0.15, 0.2) is 0 Å². The topological polar surface area (TPSA) is 54.5 Å². The molecule has 36 heavy (non-hydrogen) atoms. The van der Waals surface area contributed by atoms with Crippen molar-refractivity contribution in [3.8, 4) is 5.75 Å². The minimum atomic E-state index is -1.42. The van der Waals surface area contributed by atoms with Crippen molar-refractivity contribution in [2.24, 2.45) is 0 Å². The molecule has 186 valence electrons. The van der Waals surface area contributed by atoms with Gasteiger partial charge in [-0.15, -0.1) is 0 Å². The number of carbonyl (C=O) groups is 1. The van der Waals surface area contributed by atoms with Crippen LogP contribution in [0.3, 0.4) is 0 Å². The van der Waals surface area contributed by atoms with Gasteiger partial charge in [0.2, 0.25) is 0 Å². The molecule has 0 bridgehead atoms. The molecule has 3 heterocycles. The zero-order valence-corrected chi connectivity index (χ0v) is 20.6. The van der Waals surface area contributed by atoms with Crippen LogP contribution in [-0.2, 0) is 20.1 Å². The Morgan fingerprint density at radius 1 is 0.917 bits per heavy atom. The molecular formula is C28H28ClN3O4. The SMILES string of the molecule is O=C1N(CN2CCN(c3ccccc3)CC2)c2ccccc2[C@@]12OC[C@H](COc1ccc(Cl)cc1)O2. The largest absolute Gasteiger partial charge is 0.491 e. The Hall–Kier alpha value is -3.10. The smallest absolute Gasteiger partial charge is 0.293 e. The first-order valence-electron chi connectivity index (χ1n) is 12.3. The van der Waals surface area contributed by atoms with Gasteiger partial charge in [-0.05, 0) is 42.5 Å². The van der Waals surface area contributed by atoms with E-state index in [1.54, 1.807) is 17.0 Å². The number of halogens is 1. The number of hydrogen-bond acceptors (Lipinski definition) is 6. The maximum Gasteiger partial charge on any atom is 0.293 e. The highest BCUT2D eigenvalue weighted by Crippen LogP contribution is 2.47. The maximum absolute atomic E-state index is 13.8. The number of para-hydroxylation sites is 2. The number of piperazine rings is 1. The summed E-state index contributed by atoms with van der Waals surface area (Å²) in [5, 5.41) is 0.650. The van der Waals surface area contributed by atoms with Crippen molar-refractivity contribution >= 4 is 28.9 Å². The lowest BCUT2D eigenvalue weighted by Crippen LogP contribution is -2.52. The molecule has 3 aliphatic rings. The minimum absolute atomic E-state index is 0.178. The third-order valence-electron chi connectivity index (χ3n) is 6.97. The second-order valence-electron chi connectivity index (χ2n) is 9.26. The second kappa shape index (κ2) is 9.75. The molecule has 6 rings (SSSR count). The summed E-state index contributed by atoms with van der Waals surface area (Å²) in [6.07, 6.45) is -0.368. The highest BCUT2D eigenvalue weighted by molar-refractivity contribution is 6.30. The quantitative estimate of drug-likeness (QED) is 0.502. The van der Waals surface area contributed by atoms with Gasteiger partial charge in [-0.25, -0.2) is 0 Å². The van der Waals surface area contributed by atoms with E-state index in [1.165, 1.54) is 5.69 Å². The summed E-state index contributed by atoms with van der Waals surface area (Å²) in [5.41, 5.74) is 2.83. The molecule has 0 aromatic heterocycles. The summed E-state index contributed by atoms with van der Waals surface area (Å²) in [6.45, 7) is 4.61. The van der Waals surface area contributed by atoms with Gasteiger partial charge in [-0.2, -0.15) is 0 Å². The highest BCUT2D eigenvalue weighted by Gasteiger charge is 2.58. The molecule has 3 aromatic carbocycles. The fourth-order valence-electron chi connectivity index (χ4n) is 5.08. The average Bonchev–Trinajstić information content (AvgIpc) is 3.46. The van der Waals surface area contributed by atoms with Gasteiger partial charge >= 0.3 is 0 Å². The van der Waals surface area contributed by atoms with Crippen molar-refractivity contribution in [1.82, 2.24) is 4.90 Å². The molecule has 2 fully saturated rings. The predicted octanol–water partition coefficient (Wildman–Crippen LogP) is 4.11. The molecule has 3 aliphatic heterocycles. The number of fused-ring (bicyclic) bond motifs is 2. The number of nitrogens with zero attached hydrogens (tertiary/aromatic N) is 3. The van der Waals surface area contributed by atoms with Crippen molar-refractivity contribution in [3.63, 3.8) is 0 Å². The Balaban J connectivity index is 1.13. The van der Waals surface area contributed by atoms with Gasteiger partial charge < -0.3 is 19.1 Å². The van der Waals surface area contributed by atoms with Crippen LogP contribution in [0.2, 0.25) is 5.02 Å². The highest BCUT2D eigenvalue weighted by atomic mass is 35.5. The maximum atomic E-state index is 13.8. The summed E-state index contributed by atoms with van der Waals surface area (Å²) in [4.78, 5) is 20.3. The van der Waals surface area contributed by atoms with Crippen LogP contribution in [0.25, 0.3) is 0 Å². The van der Waals surface area contributed by atoms with E-state index in [4.69, 9.17) is 25.8 Å². The van der Waals surface area contributed by atoms with E-state index in [0.717, 1.165) is 37.4 Å². The zero-order chi connectivity index (χ0) is 24.5. The Bertz CT molecular complexity index is 1220. The van der Waals surface area contributed by atoms with E-state index in [0.29, 0.717) is 17.4 Å². The fourth-order valence-corrected chi connectivity index (χ4v) is 5.21. The number of anilines is 2. The lowest BCUT2D eigenvalue weighted by Gasteiger charge is -2.38. The summed E-state index contributed by atoms with van der Waals surface area (Å²) in [6, 6.07) is 25.4. The van der Waals surface area contributed by atoms with Crippen LogP contribution in [0.1, 0.15) is 5.56 Å². The van der Waals surface area contributed by atoms with E-state index in [1.807, 2.05) is 42.5 Å². The van der Waals surface area contributed by atoms with Gasteiger partial charge in [0.05, 0.1) is 19.0 Å². The molecule has 2 atom stereocenters. The number of benzene rings is 3. The molecule has 0 saturated carbocycles.